The van der Waals surface area contributed by atoms with E-state index in [2.05, 4.69) is 31.7 Å². The van der Waals surface area contributed by atoms with Crippen LogP contribution in [0, 0.1) is 0 Å². The van der Waals surface area contributed by atoms with E-state index in [-0.39, 0.29) is 11.6 Å². The van der Waals surface area contributed by atoms with Gasteiger partial charge < -0.3 is 9.80 Å². The summed E-state index contributed by atoms with van der Waals surface area (Å²) in [5, 5.41) is 0. The first-order chi connectivity index (χ1) is 13.1. The van der Waals surface area contributed by atoms with E-state index in [4.69, 9.17) is 4.98 Å². The minimum Gasteiger partial charge on any atom is -0.353 e. The summed E-state index contributed by atoms with van der Waals surface area (Å²) in [6, 6.07) is 9.39. The van der Waals surface area contributed by atoms with Crippen LogP contribution in [0.25, 0.3) is 11.4 Å². The number of nitrogens with zero attached hydrogens (tertiary/aromatic N) is 7. The molecule has 1 fully saturated rings. The standard InChI is InChI=1S/C19H21N7O/c1-14-12-25(17-5-3-4-7-21-17)9-10-26(14)19-23-16(11-18(27)24(19)2)15-6-8-20-13-22-15/h3-8,11,13-14H,9-10,12H2,1-2H3/t14-/m1/s1. The largest absolute Gasteiger partial charge is 0.353 e. The first-order valence-corrected chi connectivity index (χ1v) is 8.90. The maximum atomic E-state index is 12.5. The van der Waals surface area contributed by atoms with Gasteiger partial charge in [0.2, 0.25) is 5.95 Å². The number of pyridine rings is 1. The predicted molar refractivity (Wildman–Crippen MR) is 104 cm³/mol. The summed E-state index contributed by atoms with van der Waals surface area (Å²) in [4.78, 5) is 34.3. The summed E-state index contributed by atoms with van der Waals surface area (Å²) in [6.45, 7) is 4.52. The van der Waals surface area contributed by atoms with Crippen LogP contribution in [0.1, 0.15) is 6.92 Å². The zero-order valence-corrected chi connectivity index (χ0v) is 15.4. The highest BCUT2D eigenvalue weighted by Gasteiger charge is 2.27. The van der Waals surface area contributed by atoms with Crippen molar-refractivity contribution in [2.24, 2.45) is 7.05 Å². The van der Waals surface area contributed by atoms with Crippen molar-refractivity contribution in [1.29, 1.82) is 0 Å². The lowest BCUT2D eigenvalue weighted by molar-refractivity contribution is 0.527. The molecular formula is C19H21N7O. The third-order valence-electron chi connectivity index (χ3n) is 4.81. The molecule has 8 nitrogen and oxygen atoms in total. The van der Waals surface area contributed by atoms with Crippen LogP contribution in [0.4, 0.5) is 11.8 Å². The van der Waals surface area contributed by atoms with Crippen molar-refractivity contribution < 1.29 is 0 Å². The van der Waals surface area contributed by atoms with Gasteiger partial charge in [-0.15, -0.1) is 0 Å². The Morgan fingerprint density at radius 3 is 2.67 bits per heavy atom. The fourth-order valence-corrected chi connectivity index (χ4v) is 3.36. The molecule has 0 radical (unpaired) electrons. The second-order valence-electron chi connectivity index (χ2n) is 6.61. The van der Waals surface area contributed by atoms with Crippen molar-refractivity contribution in [3.05, 3.63) is 59.4 Å². The lowest BCUT2D eigenvalue weighted by atomic mass is 10.2. The van der Waals surface area contributed by atoms with Gasteiger partial charge in [0.05, 0.1) is 11.4 Å². The lowest BCUT2D eigenvalue weighted by Gasteiger charge is -2.41. The summed E-state index contributed by atoms with van der Waals surface area (Å²) in [5.74, 6) is 1.63. The van der Waals surface area contributed by atoms with Crippen LogP contribution < -0.4 is 15.4 Å². The Kier molecular flexibility index (Phi) is 4.53. The fraction of sp³-hybridized carbons (Fsp3) is 0.316. The second kappa shape index (κ2) is 7.14. The van der Waals surface area contributed by atoms with Crippen molar-refractivity contribution in [2.45, 2.75) is 13.0 Å². The van der Waals surface area contributed by atoms with Gasteiger partial charge in [0, 0.05) is 51.2 Å². The van der Waals surface area contributed by atoms with Gasteiger partial charge in [-0.3, -0.25) is 9.36 Å². The van der Waals surface area contributed by atoms with Crippen molar-refractivity contribution in [2.75, 3.05) is 29.4 Å². The monoisotopic (exact) mass is 363 g/mol. The summed E-state index contributed by atoms with van der Waals surface area (Å²) >= 11 is 0. The Labute approximate surface area is 157 Å². The quantitative estimate of drug-likeness (QED) is 0.695. The number of aromatic nitrogens is 5. The number of rotatable bonds is 3. The van der Waals surface area contributed by atoms with Gasteiger partial charge in [-0.25, -0.2) is 19.9 Å². The number of anilines is 2. The molecule has 0 saturated carbocycles. The van der Waals surface area contributed by atoms with E-state index < -0.39 is 0 Å². The molecule has 3 aromatic heterocycles. The Morgan fingerprint density at radius 1 is 1.07 bits per heavy atom. The lowest BCUT2D eigenvalue weighted by Crippen LogP contribution is -2.53. The van der Waals surface area contributed by atoms with E-state index in [0.29, 0.717) is 17.3 Å². The van der Waals surface area contributed by atoms with Crippen LogP contribution in [0.2, 0.25) is 0 Å². The van der Waals surface area contributed by atoms with Gasteiger partial charge in [0.25, 0.3) is 5.56 Å². The van der Waals surface area contributed by atoms with Gasteiger partial charge in [-0.1, -0.05) is 6.07 Å². The Balaban J connectivity index is 1.64. The van der Waals surface area contributed by atoms with Crippen LogP contribution in [-0.2, 0) is 7.05 Å². The molecule has 0 N–H and O–H groups in total. The number of piperazine rings is 1. The summed E-state index contributed by atoms with van der Waals surface area (Å²) < 4.78 is 1.59. The summed E-state index contributed by atoms with van der Waals surface area (Å²) in [7, 11) is 1.76. The van der Waals surface area contributed by atoms with E-state index in [1.807, 2.05) is 24.4 Å². The van der Waals surface area contributed by atoms with Crippen LogP contribution in [0.15, 0.2) is 53.8 Å². The fourth-order valence-electron chi connectivity index (χ4n) is 3.36. The second-order valence-corrected chi connectivity index (χ2v) is 6.61. The van der Waals surface area contributed by atoms with Gasteiger partial charge >= 0.3 is 0 Å². The van der Waals surface area contributed by atoms with E-state index in [1.54, 1.807) is 23.9 Å². The van der Waals surface area contributed by atoms with Gasteiger partial charge in [-0.2, -0.15) is 0 Å². The zero-order chi connectivity index (χ0) is 18.8. The molecule has 0 aliphatic carbocycles. The van der Waals surface area contributed by atoms with E-state index in [1.165, 1.54) is 12.4 Å². The van der Waals surface area contributed by atoms with Crippen molar-refractivity contribution in [3.63, 3.8) is 0 Å². The first kappa shape index (κ1) is 17.1. The molecule has 0 aromatic carbocycles. The highest BCUT2D eigenvalue weighted by Crippen LogP contribution is 2.22. The molecule has 1 atom stereocenters. The van der Waals surface area contributed by atoms with Crippen LogP contribution in [0.3, 0.4) is 0 Å². The summed E-state index contributed by atoms with van der Waals surface area (Å²) in [5.41, 5.74) is 1.10. The summed E-state index contributed by atoms with van der Waals surface area (Å²) in [6.07, 6.45) is 4.92. The molecule has 27 heavy (non-hydrogen) atoms. The maximum absolute atomic E-state index is 12.5. The highest BCUT2D eigenvalue weighted by molar-refractivity contribution is 5.55. The average molecular weight is 363 g/mol. The average Bonchev–Trinajstić information content (AvgIpc) is 2.71. The molecule has 4 rings (SSSR count). The highest BCUT2D eigenvalue weighted by atomic mass is 16.1. The maximum Gasteiger partial charge on any atom is 0.255 e. The SMILES string of the molecule is C[C@@H]1CN(c2ccccn2)CCN1c1nc(-c2ccncn2)cc(=O)n1C. The van der Waals surface area contributed by atoms with Crippen molar-refractivity contribution >= 4 is 11.8 Å². The van der Waals surface area contributed by atoms with Crippen LogP contribution in [-0.4, -0.2) is 50.2 Å². The van der Waals surface area contributed by atoms with E-state index in [9.17, 15) is 4.79 Å². The first-order valence-electron chi connectivity index (χ1n) is 8.90. The van der Waals surface area contributed by atoms with Gasteiger partial charge in [0.1, 0.15) is 12.1 Å². The molecule has 1 saturated heterocycles. The molecule has 3 aromatic rings. The smallest absolute Gasteiger partial charge is 0.255 e. The van der Waals surface area contributed by atoms with Crippen LogP contribution in [0.5, 0.6) is 0 Å². The van der Waals surface area contributed by atoms with Crippen molar-refractivity contribution in [1.82, 2.24) is 24.5 Å². The minimum atomic E-state index is -0.104. The Morgan fingerprint density at radius 2 is 1.96 bits per heavy atom. The van der Waals surface area contributed by atoms with E-state index in [0.717, 1.165) is 25.5 Å². The van der Waals surface area contributed by atoms with Crippen molar-refractivity contribution in [3.8, 4) is 11.4 Å². The molecule has 0 spiro atoms. The molecule has 0 amide bonds. The third kappa shape index (κ3) is 3.38. The molecule has 0 bridgehead atoms. The molecule has 0 unspecified atom stereocenters. The number of hydrogen-bond acceptors (Lipinski definition) is 7. The Hall–Kier alpha value is -3.29. The molecule has 1 aliphatic rings. The molecule has 138 valence electrons. The minimum absolute atomic E-state index is 0.104. The van der Waals surface area contributed by atoms with Crippen LogP contribution >= 0.6 is 0 Å². The van der Waals surface area contributed by atoms with E-state index >= 15 is 0 Å². The Bertz CT molecular complexity index is 974. The predicted octanol–water partition coefficient (Wildman–Crippen LogP) is 1.35. The zero-order valence-electron chi connectivity index (χ0n) is 15.4. The molecule has 1 aliphatic heterocycles. The number of hydrogen-bond donors (Lipinski definition) is 0. The molecule has 4 heterocycles. The normalized spacial score (nSPS) is 17.2. The van der Waals surface area contributed by atoms with Gasteiger partial charge in [0.15, 0.2) is 0 Å². The molecule has 8 heteroatoms. The third-order valence-corrected chi connectivity index (χ3v) is 4.81. The van der Waals surface area contributed by atoms with Gasteiger partial charge in [-0.05, 0) is 25.1 Å². The topological polar surface area (TPSA) is 80.0 Å². The molecular weight excluding hydrogens is 342 g/mol.